The molecule has 2 N–H and O–H groups in total. The topological polar surface area (TPSA) is 48.1 Å². The van der Waals surface area contributed by atoms with E-state index in [9.17, 15) is 0 Å². The molecule has 3 heteroatoms. The maximum Gasteiger partial charge on any atom is 0.141 e. The molecule has 0 amide bonds. The summed E-state index contributed by atoms with van der Waals surface area (Å²) in [6.45, 7) is 7.35. The van der Waals surface area contributed by atoms with Crippen molar-refractivity contribution in [1.29, 1.82) is 0 Å². The molecule has 0 fully saturated rings. The quantitative estimate of drug-likeness (QED) is 0.908. The predicted molar refractivity (Wildman–Crippen MR) is 82.0 cm³/mol. The Hall–Kier alpha value is -1.87. The minimum Gasteiger partial charge on any atom is -0.487 e. The summed E-state index contributed by atoms with van der Waals surface area (Å²) < 4.78 is 5.91. The molecule has 0 saturated carbocycles. The van der Waals surface area contributed by atoms with Crippen molar-refractivity contribution in [3.05, 3.63) is 58.4 Å². The van der Waals surface area contributed by atoms with E-state index in [0.717, 1.165) is 23.6 Å². The molecule has 1 aromatic carbocycles. The van der Waals surface area contributed by atoms with E-state index in [1.165, 1.54) is 16.7 Å². The number of nitrogens with two attached hydrogens (primary N) is 1. The van der Waals surface area contributed by atoms with Gasteiger partial charge in [-0.25, -0.2) is 0 Å². The molecule has 3 nitrogen and oxygen atoms in total. The van der Waals surface area contributed by atoms with Crippen LogP contribution in [0.1, 0.15) is 28.1 Å². The number of hydrogen-bond donors (Lipinski definition) is 1. The van der Waals surface area contributed by atoms with Gasteiger partial charge in [0.25, 0.3) is 0 Å². The van der Waals surface area contributed by atoms with Gasteiger partial charge in [0.2, 0.25) is 0 Å². The predicted octanol–water partition coefficient (Wildman–Crippen LogP) is 3.09. The Morgan fingerprint density at radius 3 is 2.55 bits per heavy atom. The number of hydrogen-bond acceptors (Lipinski definition) is 3. The fourth-order valence-electron chi connectivity index (χ4n) is 2.10. The van der Waals surface area contributed by atoms with E-state index in [-0.39, 0.29) is 0 Å². The van der Waals surface area contributed by atoms with E-state index in [4.69, 9.17) is 10.5 Å². The summed E-state index contributed by atoms with van der Waals surface area (Å²) >= 11 is 0. The first-order chi connectivity index (χ1) is 9.60. The Kier molecular flexibility index (Phi) is 4.74. The Morgan fingerprint density at radius 2 is 1.85 bits per heavy atom. The molecule has 2 aromatic rings. The van der Waals surface area contributed by atoms with Crippen LogP contribution in [0.2, 0.25) is 0 Å². The van der Waals surface area contributed by atoms with Crippen molar-refractivity contribution in [3.8, 4) is 5.75 Å². The minimum atomic E-state index is 0.559. The molecule has 2 rings (SSSR count). The zero-order valence-electron chi connectivity index (χ0n) is 12.4. The normalized spacial score (nSPS) is 10.6. The maximum atomic E-state index is 5.91. The lowest BCUT2D eigenvalue weighted by Crippen LogP contribution is -2.08. The summed E-state index contributed by atoms with van der Waals surface area (Å²) in [4.78, 5) is 4.50. The molecule has 0 aliphatic rings. The molecule has 0 atom stereocenters. The Morgan fingerprint density at radius 1 is 1.05 bits per heavy atom. The summed E-state index contributed by atoms with van der Waals surface area (Å²) in [6.07, 6.45) is 0.740. The van der Waals surface area contributed by atoms with E-state index < -0.39 is 0 Å². The summed E-state index contributed by atoms with van der Waals surface area (Å²) in [5.41, 5.74) is 11.3. The fourth-order valence-corrected chi connectivity index (χ4v) is 2.10. The van der Waals surface area contributed by atoms with Gasteiger partial charge in [0.1, 0.15) is 12.4 Å². The first kappa shape index (κ1) is 14.5. The highest BCUT2D eigenvalue weighted by atomic mass is 16.5. The van der Waals surface area contributed by atoms with E-state index >= 15 is 0 Å². The second-order valence-corrected chi connectivity index (χ2v) is 5.14. The fraction of sp³-hybridized carbons (Fsp3) is 0.353. The van der Waals surface area contributed by atoms with E-state index in [1.807, 2.05) is 19.1 Å². The summed E-state index contributed by atoms with van der Waals surface area (Å²) in [5, 5.41) is 0. The number of pyridine rings is 1. The van der Waals surface area contributed by atoms with Gasteiger partial charge in [-0.3, -0.25) is 4.98 Å². The third-order valence-electron chi connectivity index (χ3n) is 3.42. The van der Waals surface area contributed by atoms with Crippen molar-refractivity contribution >= 4 is 0 Å². The summed E-state index contributed by atoms with van der Waals surface area (Å²) in [6, 6.07) is 10.3. The Balaban J connectivity index is 2.11. The first-order valence-corrected chi connectivity index (χ1v) is 6.95. The van der Waals surface area contributed by atoms with E-state index in [0.29, 0.717) is 13.2 Å². The van der Waals surface area contributed by atoms with Crippen LogP contribution in [-0.4, -0.2) is 11.5 Å². The van der Waals surface area contributed by atoms with Crippen LogP contribution in [0.5, 0.6) is 5.75 Å². The van der Waals surface area contributed by atoms with Crippen molar-refractivity contribution < 1.29 is 4.74 Å². The van der Waals surface area contributed by atoms with Gasteiger partial charge in [-0.15, -0.1) is 0 Å². The van der Waals surface area contributed by atoms with Gasteiger partial charge in [0.05, 0.1) is 5.69 Å². The van der Waals surface area contributed by atoms with Gasteiger partial charge in [0.15, 0.2) is 0 Å². The molecular formula is C17H22N2O. The Labute approximate surface area is 120 Å². The van der Waals surface area contributed by atoms with Crippen LogP contribution in [0.25, 0.3) is 0 Å². The molecule has 0 unspecified atom stereocenters. The number of nitrogens with zero attached hydrogens (tertiary/aromatic N) is 1. The average molecular weight is 270 g/mol. The average Bonchev–Trinajstić information content (AvgIpc) is 2.42. The van der Waals surface area contributed by atoms with Crippen LogP contribution in [-0.2, 0) is 13.0 Å². The molecular weight excluding hydrogens is 248 g/mol. The Bertz CT molecular complexity index is 594. The van der Waals surface area contributed by atoms with Gasteiger partial charge in [0, 0.05) is 12.1 Å². The molecule has 0 aliphatic heterocycles. The highest BCUT2D eigenvalue weighted by Gasteiger charge is 2.06. The molecule has 1 aromatic heterocycles. The molecule has 0 radical (unpaired) electrons. The highest BCUT2D eigenvalue weighted by molar-refractivity contribution is 5.32. The SMILES string of the molecule is Cc1ccc(OCc2ccc(C)c(C)c2)c(CCN)n1. The van der Waals surface area contributed by atoms with Crippen LogP contribution in [0.3, 0.4) is 0 Å². The van der Waals surface area contributed by atoms with Gasteiger partial charge in [-0.1, -0.05) is 18.2 Å². The number of aryl methyl sites for hydroxylation is 3. The smallest absolute Gasteiger partial charge is 0.141 e. The zero-order chi connectivity index (χ0) is 14.5. The van der Waals surface area contributed by atoms with Crippen LogP contribution in [0, 0.1) is 20.8 Å². The van der Waals surface area contributed by atoms with Crippen LogP contribution in [0.15, 0.2) is 30.3 Å². The zero-order valence-corrected chi connectivity index (χ0v) is 12.4. The van der Waals surface area contributed by atoms with Gasteiger partial charge >= 0.3 is 0 Å². The van der Waals surface area contributed by atoms with E-state index in [2.05, 4.69) is 37.0 Å². The molecule has 0 saturated heterocycles. The number of rotatable bonds is 5. The second kappa shape index (κ2) is 6.53. The molecule has 0 bridgehead atoms. The van der Waals surface area contributed by atoms with Crippen LogP contribution < -0.4 is 10.5 Å². The van der Waals surface area contributed by atoms with Crippen molar-refractivity contribution in [2.75, 3.05) is 6.54 Å². The highest BCUT2D eigenvalue weighted by Crippen LogP contribution is 2.19. The van der Waals surface area contributed by atoms with Crippen LogP contribution in [0.4, 0.5) is 0 Å². The molecule has 1 heterocycles. The number of aromatic nitrogens is 1. The van der Waals surface area contributed by atoms with Gasteiger partial charge in [-0.2, -0.15) is 0 Å². The van der Waals surface area contributed by atoms with Crippen molar-refractivity contribution in [2.45, 2.75) is 33.8 Å². The third kappa shape index (κ3) is 3.58. The maximum absolute atomic E-state index is 5.91. The molecule has 106 valence electrons. The van der Waals surface area contributed by atoms with Gasteiger partial charge < -0.3 is 10.5 Å². The van der Waals surface area contributed by atoms with Gasteiger partial charge in [-0.05, 0) is 56.1 Å². The van der Waals surface area contributed by atoms with E-state index in [1.54, 1.807) is 0 Å². The standard InChI is InChI=1S/C17H22N2O/c1-12-4-6-15(10-13(12)2)11-20-17-7-5-14(3)19-16(17)8-9-18/h4-7,10H,8-9,11,18H2,1-3H3. The first-order valence-electron chi connectivity index (χ1n) is 6.95. The lowest BCUT2D eigenvalue weighted by molar-refractivity contribution is 0.301. The molecule has 0 aliphatic carbocycles. The number of ether oxygens (including phenoxy) is 1. The van der Waals surface area contributed by atoms with Crippen LogP contribution >= 0.6 is 0 Å². The monoisotopic (exact) mass is 270 g/mol. The molecule has 0 spiro atoms. The minimum absolute atomic E-state index is 0.559. The third-order valence-corrected chi connectivity index (χ3v) is 3.42. The lowest BCUT2D eigenvalue weighted by atomic mass is 10.1. The summed E-state index contributed by atoms with van der Waals surface area (Å²) in [7, 11) is 0. The summed E-state index contributed by atoms with van der Waals surface area (Å²) in [5.74, 6) is 0.833. The largest absolute Gasteiger partial charge is 0.487 e. The van der Waals surface area contributed by atoms with Crippen molar-refractivity contribution in [1.82, 2.24) is 4.98 Å². The molecule has 20 heavy (non-hydrogen) atoms. The lowest BCUT2D eigenvalue weighted by Gasteiger charge is -2.12. The van der Waals surface area contributed by atoms with Crippen molar-refractivity contribution in [3.63, 3.8) is 0 Å². The second-order valence-electron chi connectivity index (χ2n) is 5.14. The number of benzene rings is 1. The van der Waals surface area contributed by atoms with Crippen molar-refractivity contribution in [2.24, 2.45) is 5.73 Å².